The third-order valence-corrected chi connectivity index (χ3v) is 4.11. The molecule has 3 aromatic rings. The fourth-order valence-electron chi connectivity index (χ4n) is 2.88. The summed E-state index contributed by atoms with van der Waals surface area (Å²) in [6.45, 7) is 1.27. The van der Waals surface area contributed by atoms with Gasteiger partial charge >= 0.3 is 0 Å². The first kappa shape index (κ1) is 14.5. The first-order chi connectivity index (χ1) is 11.9. The second-order valence-electron chi connectivity index (χ2n) is 5.76. The van der Waals surface area contributed by atoms with Gasteiger partial charge in [0.1, 0.15) is 5.75 Å². The molecule has 0 amide bonds. The molecule has 0 saturated heterocycles. The van der Waals surface area contributed by atoms with E-state index >= 15 is 0 Å². The second kappa shape index (κ2) is 6.59. The molecule has 3 aromatic carbocycles. The minimum absolute atomic E-state index is 0.527. The van der Waals surface area contributed by atoms with Crippen LogP contribution in [0.5, 0.6) is 5.75 Å². The number of hydrogen-bond donors (Lipinski definition) is 1. The molecule has 3 nitrogen and oxygen atoms in total. The summed E-state index contributed by atoms with van der Waals surface area (Å²) in [7, 11) is 0. The Morgan fingerprint density at radius 3 is 2.38 bits per heavy atom. The molecule has 1 aliphatic heterocycles. The zero-order valence-corrected chi connectivity index (χ0v) is 13.4. The van der Waals surface area contributed by atoms with Gasteiger partial charge in [-0.05, 0) is 18.2 Å². The molecule has 0 aromatic heterocycles. The summed E-state index contributed by atoms with van der Waals surface area (Å²) < 4.78 is 8.19. The molecule has 0 fully saturated rings. The molecular weight excluding hydrogens is 296 g/mol. The summed E-state index contributed by atoms with van der Waals surface area (Å²) in [5.74, 6) is 0.966. The van der Waals surface area contributed by atoms with Gasteiger partial charge in [-0.3, -0.25) is 0 Å². The van der Waals surface area contributed by atoms with Crippen molar-refractivity contribution in [3.8, 4) is 5.75 Å². The van der Waals surface area contributed by atoms with Crippen molar-refractivity contribution in [1.29, 1.82) is 0 Å². The number of anilines is 1. The number of para-hydroxylation sites is 3. The molecular formula is C21H19N2O+. The first-order valence-electron chi connectivity index (χ1n) is 8.10. The molecule has 0 saturated carbocycles. The van der Waals surface area contributed by atoms with Crippen LogP contribution in [0.25, 0.3) is 0 Å². The second-order valence-corrected chi connectivity index (χ2v) is 5.76. The summed E-state index contributed by atoms with van der Waals surface area (Å²) in [5, 5.41) is 3.45. The van der Waals surface area contributed by atoms with Crippen molar-refractivity contribution in [3.05, 3.63) is 90.0 Å². The van der Waals surface area contributed by atoms with Crippen LogP contribution >= 0.6 is 0 Å². The van der Waals surface area contributed by atoms with E-state index in [2.05, 4.69) is 58.6 Å². The molecule has 4 rings (SSSR count). The van der Waals surface area contributed by atoms with E-state index in [4.69, 9.17) is 4.74 Å². The van der Waals surface area contributed by atoms with E-state index in [1.165, 1.54) is 5.56 Å². The average molecular weight is 315 g/mol. The standard InChI is InChI=1S/C21H19N2O/c1-3-10-19(11-4-1)22-14-17-8-7-9-18-15-23(16-24-21(17)18)20-12-5-2-6-13-20/h1-13,15,22H,14,16H2/q+1. The lowest BCUT2D eigenvalue weighted by atomic mass is 10.1. The molecule has 1 aliphatic rings. The molecule has 118 valence electrons. The maximum atomic E-state index is 6.06. The van der Waals surface area contributed by atoms with E-state index in [0.29, 0.717) is 6.73 Å². The monoisotopic (exact) mass is 315 g/mol. The smallest absolute Gasteiger partial charge is 0.292 e. The lowest BCUT2D eigenvalue weighted by Gasteiger charge is -2.17. The normalized spacial score (nSPS) is 12.8. The molecule has 24 heavy (non-hydrogen) atoms. The fourth-order valence-corrected chi connectivity index (χ4v) is 2.88. The Balaban J connectivity index is 1.59. The van der Waals surface area contributed by atoms with Crippen LogP contribution in [0.3, 0.4) is 0 Å². The van der Waals surface area contributed by atoms with Crippen LogP contribution in [0, 0.1) is 0 Å². The summed E-state index contributed by atoms with van der Waals surface area (Å²) in [6, 6.07) is 26.8. The lowest BCUT2D eigenvalue weighted by Crippen LogP contribution is -2.21. The van der Waals surface area contributed by atoms with Crippen LogP contribution in [0.15, 0.2) is 78.9 Å². The number of hydrogen-bond acceptors (Lipinski definition) is 2. The minimum Gasteiger partial charge on any atom is -0.435 e. The Hall–Kier alpha value is -3.07. The maximum Gasteiger partial charge on any atom is 0.292 e. The minimum atomic E-state index is 0.527. The molecule has 0 unspecified atom stereocenters. The van der Waals surface area contributed by atoms with E-state index in [1.807, 2.05) is 36.4 Å². The van der Waals surface area contributed by atoms with Gasteiger partial charge in [0.25, 0.3) is 6.73 Å². The summed E-state index contributed by atoms with van der Waals surface area (Å²) in [5.41, 5.74) is 4.52. The average Bonchev–Trinajstić information content (AvgIpc) is 2.67. The van der Waals surface area contributed by atoms with E-state index in [-0.39, 0.29) is 0 Å². The fraction of sp³-hybridized carbons (Fsp3) is 0.0952. The predicted molar refractivity (Wildman–Crippen MR) is 97.2 cm³/mol. The number of nitrogens with zero attached hydrogens (tertiary/aromatic N) is 1. The zero-order valence-electron chi connectivity index (χ0n) is 13.4. The Bertz CT molecular complexity index is 858. The molecule has 1 heterocycles. The highest BCUT2D eigenvalue weighted by atomic mass is 16.5. The number of ether oxygens (including phenoxy) is 1. The number of rotatable bonds is 4. The van der Waals surface area contributed by atoms with E-state index < -0.39 is 0 Å². The third kappa shape index (κ3) is 3.01. The van der Waals surface area contributed by atoms with Crippen LogP contribution in [0.1, 0.15) is 11.1 Å². The number of fused-ring (bicyclic) bond motifs is 1. The predicted octanol–water partition coefficient (Wildman–Crippen LogP) is 4.41. The Morgan fingerprint density at radius 1 is 0.833 bits per heavy atom. The van der Waals surface area contributed by atoms with Gasteiger partial charge in [0, 0.05) is 29.9 Å². The van der Waals surface area contributed by atoms with Crippen molar-refractivity contribution >= 4 is 17.6 Å². The SMILES string of the molecule is C1=[N+](c2ccccc2)COc2c1cccc2CNc1ccccc1. The van der Waals surface area contributed by atoms with Gasteiger partial charge in [0.05, 0.1) is 5.56 Å². The Kier molecular flexibility index (Phi) is 3.98. The lowest BCUT2D eigenvalue weighted by molar-refractivity contribution is -0.476. The molecule has 0 atom stereocenters. The van der Waals surface area contributed by atoms with Gasteiger partial charge < -0.3 is 10.1 Å². The van der Waals surface area contributed by atoms with Gasteiger partial charge in [-0.15, -0.1) is 0 Å². The first-order valence-corrected chi connectivity index (χ1v) is 8.10. The largest absolute Gasteiger partial charge is 0.435 e. The topological polar surface area (TPSA) is 24.3 Å². The highest BCUT2D eigenvalue weighted by Crippen LogP contribution is 2.27. The Labute approximate surface area is 141 Å². The summed E-state index contributed by atoms with van der Waals surface area (Å²) >= 11 is 0. The van der Waals surface area contributed by atoms with Gasteiger partial charge in [-0.1, -0.05) is 48.5 Å². The van der Waals surface area contributed by atoms with Crippen molar-refractivity contribution in [2.24, 2.45) is 0 Å². The molecule has 0 radical (unpaired) electrons. The van der Waals surface area contributed by atoms with Crippen LogP contribution in [0.2, 0.25) is 0 Å². The van der Waals surface area contributed by atoms with Crippen molar-refractivity contribution in [3.63, 3.8) is 0 Å². The quantitative estimate of drug-likeness (QED) is 0.721. The molecule has 3 heteroatoms. The molecule has 1 N–H and O–H groups in total. The van der Waals surface area contributed by atoms with Crippen molar-refractivity contribution in [2.45, 2.75) is 6.54 Å². The highest BCUT2D eigenvalue weighted by Gasteiger charge is 2.20. The molecule has 0 aliphatic carbocycles. The van der Waals surface area contributed by atoms with E-state index in [1.54, 1.807) is 0 Å². The van der Waals surface area contributed by atoms with Crippen LogP contribution in [-0.4, -0.2) is 17.5 Å². The van der Waals surface area contributed by atoms with Crippen molar-refractivity contribution in [2.75, 3.05) is 12.0 Å². The molecule has 0 bridgehead atoms. The Morgan fingerprint density at radius 2 is 1.58 bits per heavy atom. The van der Waals surface area contributed by atoms with Gasteiger partial charge in [0.15, 0.2) is 6.21 Å². The van der Waals surface area contributed by atoms with Gasteiger partial charge in [-0.2, -0.15) is 4.58 Å². The van der Waals surface area contributed by atoms with Gasteiger partial charge in [0.2, 0.25) is 5.69 Å². The van der Waals surface area contributed by atoms with Crippen LogP contribution in [0.4, 0.5) is 11.4 Å². The van der Waals surface area contributed by atoms with Crippen LogP contribution in [-0.2, 0) is 6.54 Å². The number of nitrogens with one attached hydrogen (secondary N) is 1. The molecule has 0 spiro atoms. The van der Waals surface area contributed by atoms with Crippen molar-refractivity contribution in [1.82, 2.24) is 0 Å². The van der Waals surface area contributed by atoms with Gasteiger partial charge in [-0.25, -0.2) is 0 Å². The van der Waals surface area contributed by atoms with E-state index in [9.17, 15) is 0 Å². The summed E-state index contributed by atoms with van der Waals surface area (Å²) in [4.78, 5) is 0. The zero-order chi connectivity index (χ0) is 16.2. The van der Waals surface area contributed by atoms with Crippen molar-refractivity contribution < 1.29 is 9.31 Å². The summed E-state index contributed by atoms with van der Waals surface area (Å²) in [6.07, 6.45) is 2.15. The van der Waals surface area contributed by atoms with Crippen LogP contribution < -0.4 is 10.1 Å². The highest BCUT2D eigenvalue weighted by molar-refractivity contribution is 5.82. The maximum absolute atomic E-state index is 6.06. The third-order valence-electron chi connectivity index (χ3n) is 4.11. The van der Waals surface area contributed by atoms with E-state index in [0.717, 1.165) is 29.2 Å². The number of benzene rings is 3.